The van der Waals surface area contributed by atoms with Gasteiger partial charge in [0.1, 0.15) is 6.61 Å². The van der Waals surface area contributed by atoms with Crippen LogP contribution in [-0.2, 0) is 21.8 Å². The number of hydroxylamine groups is 1. The molecule has 1 aromatic heterocycles. The molecule has 0 fully saturated rings. The fourth-order valence-electron chi connectivity index (χ4n) is 2.25. The van der Waals surface area contributed by atoms with E-state index in [9.17, 15) is 0 Å². The van der Waals surface area contributed by atoms with Crippen molar-refractivity contribution in [2.45, 2.75) is 53.2 Å². The van der Waals surface area contributed by atoms with E-state index in [1.807, 2.05) is 44.2 Å². The van der Waals surface area contributed by atoms with Gasteiger partial charge in [0.05, 0.1) is 6.04 Å². The molecule has 0 unspecified atom stereocenters. The van der Waals surface area contributed by atoms with Gasteiger partial charge in [-0.25, -0.2) is 5.06 Å². The van der Waals surface area contributed by atoms with Crippen molar-refractivity contribution in [3.05, 3.63) is 35.9 Å². The summed E-state index contributed by atoms with van der Waals surface area (Å²) in [6, 6.07) is 10.1. The van der Waals surface area contributed by atoms with Crippen LogP contribution < -0.4 is 15.7 Å². The predicted octanol–water partition coefficient (Wildman–Crippen LogP) is 3.21. The van der Waals surface area contributed by atoms with Crippen LogP contribution in [0.4, 0.5) is 17.8 Å². The minimum absolute atomic E-state index is 0.0826. The van der Waals surface area contributed by atoms with Crippen molar-refractivity contribution >= 4 is 28.2 Å². The lowest BCUT2D eigenvalue weighted by Gasteiger charge is -2.26. The number of rotatable bonds is 11. The van der Waals surface area contributed by atoms with Crippen LogP contribution in [0.5, 0.6) is 0 Å². The van der Waals surface area contributed by atoms with Crippen molar-refractivity contribution in [2.24, 2.45) is 0 Å². The Labute approximate surface area is 183 Å². The zero-order valence-corrected chi connectivity index (χ0v) is 19.1. The van der Waals surface area contributed by atoms with Crippen LogP contribution in [0.2, 0.25) is 0 Å². The van der Waals surface area contributed by atoms with Crippen molar-refractivity contribution in [2.75, 3.05) is 28.8 Å². The Balaban J connectivity index is 0.000000861. The largest absolute Gasteiger partial charge is 0.394 e. The highest BCUT2D eigenvalue weighted by atomic mass is 32.3. The van der Waals surface area contributed by atoms with Crippen molar-refractivity contribution in [3.8, 4) is 0 Å². The Morgan fingerprint density at radius 2 is 1.45 bits per heavy atom. The summed E-state index contributed by atoms with van der Waals surface area (Å²) >= 11 is 0. The van der Waals surface area contributed by atoms with E-state index in [0.717, 1.165) is 31.5 Å². The highest BCUT2D eigenvalue weighted by Gasteiger charge is 2.18. The standard InChI is InChI=1S/C19H30N6O.H2O4S/c1-5-12-20-17-22-18(21-13-6-2)24-19(23-17)25(15(3)4)26-14-16-10-8-7-9-11-16;1-5(2,3)4/h7-11,15H,5-6,12-14H2,1-4H3,(H2,20,21,22,23,24);(H2,1,2,3,4). The minimum Gasteiger partial charge on any atom is -0.354 e. The fourth-order valence-corrected chi connectivity index (χ4v) is 2.25. The van der Waals surface area contributed by atoms with E-state index in [1.165, 1.54) is 0 Å². The van der Waals surface area contributed by atoms with Crippen LogP contribution in [0.15, 0.2) is 30.3 Å². The molecule has 4 N–H and O–H groups in total. The van der Waals surface area contributed by atoms with Gasteiger partial charge in [0, 0.05) is 13.1 Å². The third kappa shape index (κ3) is 12.0. The van der Waals surface area contributed by atoms with Gasteiger partial charge in [-0.1, -0.05) is 44.2 Å². The molecule has 0 aliphatic rings. The maximum absolute atomic E-state index is 8.74. The van der Waals surface area contributed by atoms with Gasteiger partial charge >= 0.3 is 10.4 Å². The van der Waals surface area contributed by atoms with E-state index >= 15 is 0 Å². The molecule has 0 radical (unpaired) electrons. The topological polar surface area (TPSA) is 150 Å². The first-order valence-corrected chi connectivity index (χ1v) is 11.4. The summed E-state index contributed by atoms with van der Waals surface area (Å²) in [6.07, 6.45) is 1.99. The Kier molecular flexibility index (Phi) is 11.7. The lowest BCUT2D eigenvalue weighted by Crippen LogP contribution is -2.33. The van der Waals surface area contributed by atoms with Gasteiger partial charge in [-0.05, 0) is 32.3 Å². The Bertz CT molecular complexity index is 833. The molecular weight excluding hydrogens is 424 g/mol. The number of hydrogen-bond donors (Lipinski definition) is 4. The highest BCUT2D eigenvalue weighted by molar-refractivity contribution is 7.79. The maximum Gasteiger partial charge on any atom is 0.394 e. The van der Waals surface area contributed by atoms with E-state index < -0.39 is 10.4 Å². The van der Waals surface area contributed by atoms with Crippen molar-refractivity contribution in [1.29, 1.82) is 0 Å². The van der Waals surface area contributed by atoms with E-state index in [0.29, 0.717) is 24.5 Å². The van der Waals surface area contributed by atoms with Crippen molar-refractivity contribution < 1.29 is 22.4 Å². The lowest BCUT2D eigenvalue weighted by atomic mass is 10.2. The molecule has 0 bridgehead atoms. The van der Waals surface area contributed by atoms with Gasteiger partial charge in [-0.3, -0.25) is 13.9 Å². The number of benzene rings is 1. The second-order valence-corrected chi connectivity index (χ2v) is 7.66. The van der Waals surface area contributed by atoms with Gasteiger partial charge in [-0.15, -0.1) is 0 Å². The van der Waals surface area contributed by atoms with Crippen LogP contribution in [0.1, 0.15) is 46.1 Å². The van der Waals surface area contributed by atoms with Gasteiger partial charge in [0.25, 0.3) is 5.95 Å². The predicted molar refractivity (Wildman–Crippen MR) is 120 cm³/mol. The van der Waals surface area contributed by atoms with E-state index in [1.54, 1.807) is 5.06 Å². The quantitative estimate of drug-likeness (QED) is 0.291. The first-order chi connectivity index (χ1) is 14.6. The van der Waals surface area contributed by atoms with Crippen LogP contribution in [0.3, 0.4) is 0 Å². The van der Waals surface area contributed by atoms with Gasteiger partial charge in [-0.2, -0.15) is 23.4 Å². The molecule has 12 heteroatoms. The number of aromatic nitrogens is 3. The molecule has 1 heterocycles. The molecule has 0 spiro atoms. The normalized spacial score (nSPS) is 10.9. The average molecular weight is 457 g/mol. The molecule has 1 aromatic carbocycles. The fraction of sp³-hybridized carbons (Fsp3) is 0.526. The molecule has 2 rings (SSSR count). The number of hydrogen-bond acceptors (Lipinski definition) is 9. The summed E-state index contributed by atoms with van der Waals surface area (Å²) in [6.45, 7) is 10.4. The van der Waals surface area contributed by atoms with Crippen LogP contribution in [0, 0.1) is 0 Å². The summed E-state index contributed by atoms with van der Waals surface area (Å²) in [5, 5.41) is 8.21. The van der Waals surface area contributed by atoms with E-state index in [4.69, 9.17) is 22.4 Å². The number of nitrogens with one attached hydrogen (secondary N) is 2. The zero-order chi connectivity index (χ0) is 23.3. The molecule has 0 aliphatic heterocycles. The molecule has 0 amide bonds. The maximum atomic E-state index is 8.74. The van der Waals surface area contributed by atoms with E-state index in [-0.39, 0.29) is 6.04 Å². The van der Waals surface area contributed by atoms with Crippen LogP contribution in [-0.4, -0.2) is 51.6 Å². The lowest BCUT2D eigenvalue weighted by molar-refractivity contribution is 0.0764. The molecule has 0 aliphatic carbocycles. The monoisotopic (exact) mass is 456 g/mol. The number of anilines is 3. The van der Waals surface area contributed by atoms with Gasteiger partial charge in [0.15, 0.2) is 0 Å². The zero-order valence-electron chi connectivity index (χ0n) is 18.3. The summed E-state index contributed by atoms with van der Waals surface area (Å²) in [4.78, 5) is 19.5. The molecule has 11 nitrogen and oxygen atoms in total. The van der Waals surface area contributed by atoms with Crippen LogP contribution >= 0.6 is 0 Å². The first kappa shape index (κ1) is 26.5. The SMILES string of the molecule is CCCNc1nc(NCCC)nc(N(OCc2ccccc2)C(C)C)n1.O=S(=O)(O)O. The third-order valence-corrected chi connectivity index (χ3v) is 3.57. The smallest absolute Gasteiger partial charge is 0.354 e. The van der Waals surface area contributed by atoms with Gasteiger partial charge < -0.3 is 10.6 Å². The molecular formula is C19H32N6O5S. The van der Waals surface area contributed by atoms with Gasteiger partial charge in [0.2, 0.25) is 11.9 Å². The van der Waals surface area contributed by atoms with Crippen molar-refractivity contribution in [1.82, 2.24) is 15.0 Å². The second kappa shape index (κ2) is 13.7. The van der Waals surface area contributed by atoms with Crippen molar-refractivity contribution in [3.63, 3.8) is 0 Å². The second-order valence-electron chi connectivity index (χ2n) is 6.76. The Morgan fingerprint density at radius 1 is 0.968 bits per heavy atom. The summed E-state index contributed by atoms with van der Waals surface area (Å²) in [5.74, 6) is 1.62. The summed E-state index contributed by atoms with van der Waals surface area (Å²) in [5.41, 5.74) is 1.10. The molecule has 0 saturated heterocycles. The number of nitrogens with zero attached hydrogens (tertiary/aromatic N) is 4. The molecule has 0 saturated carbocycles. The first-order valence-electron chi connectivity index (χ1n) is 10.0. The van der Waals surface area contributed by atoms with E-state index in [2.05, 4.69) is 39.4 Å². The molecule has 31 heavy (non-hydrogen) atoms. The Morgan fingerprint density at radius 3 is 1.87 bits per heavy atom. The molecule has 2 aromatic rings. The average Bonchev–Trinajstić information content (AvgIpc) is 2.70. The third-order valence-electron chi connectivity index (χ3n) is 3.57. The Hall–Kier alpha value is -2.54. The highest BCUT2D eigenvalue weighted by Crippen LogP contribution is 2.18. The molecule has 0 atom stereocenters. The molecule has 174 valence electrons. The minimum atomic E-state index is -4.67. The van der Waals surface area contributed by atoms with Crippen LogP contribution in [0.25, 0.3) is 0 Å². The summed E-state index contributed by atoms with van der Waals surface area (Å²) < 4.78 is 31.6. The summed E-state index contributed by atoms with van der Waals surface area (Å²) in [7, 11) is -4.67.